The van der Waals surface area contributed by atoms with Crippen LogP contribution >= 0.6 is 23.4 Å². The van der Waals surface area contributed by atoms with Crippen LogP contribution < -0.4 is 0 Å². The number of nitrogens with zero attached hydrogens (tertiary/aromatic N) is 1. The molecule has 0 bridgehead atoms. The number of hydrogen-bond donors (Lipinski definition) is 0. The van der Waals surface area contributed by atoms with E-state index in [4.69, 9.17) is 11.6 Å². The molecule has 0 saturated heterocycles. The first-order valence-electron chi connectivity index (χ1n) is 6.89. The van der Waals surface area contributed by atoms with Gasteiger partial charge < -0.3 is 0 Å². The topological polar surface area (TPSA) is 12.9 Å². The van der Waals surface area contributed by atoms with E-state index in [-0.39, 0.29) is 22.1 Å². The fraction of sp³-hybridized carbons (Fsp3) is 0.533. The molecule has 2 aliphatic rings. The summed E-state index contributed by atoms with van der Waals surface area (Å²) in [6.45, 7) is 0. The van der Waals surface area contributed by atoms with Crippen molar-refractivity contribution in [2.24, 2.45) is 5.92 Å². The number of fused-ring (bicyclic) bond motifs is 1. The average molecular weight is 316 g/mol. The molecule has 0 amide bonds. The monoisotopic (exact) mass is 315 g/mol. The van der Waals surface area contributed by atoms with Crippen LogP contribution in [-0.2, 0) is 0 Å². The van der Waals surface area contributed by atoms with Gasteiger partial charge in [0.05, 0.1) is 10.1 Å². The van der Waals surface area contributed by atoms with Gasteiger partial charge in [0.1, 0.15) is 0 Å². The van der Waals surface area contributed by atoms with Crippen molar-refractivity contribution in [2.75, 3.05) is 0 Å². The Morgan fingerprint density at radius 1 is 1.30 bits per heavy atom. The van der Waals surface area contributed by atoms with Gasteiger partial charge >= 0.3 is 0 Å². The minimum atomic E-state index is -2.86. The quantitative estimate of drug-likeness (QED) is 0.738. The zero-order valence-electron chi connectivity index (χ0n) is 11.0. The molecule has 2 atom stereocenters. The minimum absolute atomic E-state index is 0.0271. The maximum Gasteiger partial charge on any atom is 0.283 e. The van der Waals surface area contributed by atoms with Gasteiger partial charge in [-0.3, -0.25) is 0 Å². The van der Waals surface area contributed by atoms with Crippen molar-refractivity contribution in [2.45, 2.75) is 47.8 Å². The number of thioether (sulfide) groups is 1. The van der Waals surface area contributed by atoms with Gasteiger partial charge in [-0.1, -0.05) is 42.3 Å². The van der Waals surface area contributed by atoms with Gasteiger partial charge in [-0.15, -0.1) is 0 Å². The predicted octanol–water partition coefficient (Wildman–Crippen LogP) is 5.26. The number of hydrogen-bond acceptors (Lipinski definition) is 2. The van der Waals surface area contributed by atoms with Crippen LogP contribution in [0.3, 0.4) is 0 Å². The van der Waals surface area contributed by atoms with Crippen molar-refractivity contribution in [3.63, 3.8) is 0 Å². The molecule has 0 aromatic carbocycles. The maximum absolute atomic E-state index is 13.9. The van der Waals surface area contributed by atoms with Crippen molar-refractivity contribution >= 4 is 23.4 Å². The summed E-state index contributed by atoms with van der Waals surface area (Å²) in [5.41, 5.74) is 0. The summed E-state index contributed by atoms with van der Waals surface area (Å²) in [5, 5.41) is 0.587. The molecule has 1 aromatic rings. The van der Waals surface area contributed by atoms with Gasteiger partial charge in [0, 0.05) is 17.4 Å². The third-order valence-electron chi connectivity index (χ3n) is 4.22. The smallest absolute Gasteiger partial charge is 0.250 e. The van der Waals surface area contributed by atoms with Crippen LogP contribution in [0.15, 0.2) is 40.5 Å². The van der Waals surface area contributed by atoms with Crippen LogP contribution in [0.4, 0.5) is 8.78 Å². The van der Waals surface area contributed by atoms with Crippen molar-refractivity contribution in [3.05, 3.63) is 35.5 Å². The van der Waals surface area contributed by atoms with Gasteiger partial charge in [0.25, 0.3) is 5.92 Å². The predicted molar refractivity (Wildman–Crippen MR) is 78.3 cm³/mol. The Morgan fingerprint density at radius 3 is 2.90 bits per heavy atom. The number of rotatable bonds is 2. The van der Waals surface area contributed by atoms with Gasteiger partial charge in [-0.05, 0) is 37.0 Å². The fourth-order valence-electron chi connectivity index (χ4n) is 3.20. The second-order valence-corrected chi connectivity index (χ2v) is 7.36. The second kappa shape index (κ2) is 5.30. The lowest BCUT2D eigenvalue weighted by Gasteiger charge is -2.46. The van der Waals surface area contributed by atoms with E-state index < -0.39 is 5.92 Å². The van der Waals surface area contributed by atoms with E-state index in [2.05, 4.69) is 4.98 Å². The van der Waals surface area contributed by atoms with Crippen LogP contribution in [0.2, 0.25) is 0 Å². The summed E-state index contributed by atoms with van der Waals surface area (Å²) in [4.78, 5) is 4.32. The number of pyridine rings is 1. The van der Waals surface area contributed by atoms with E-state index in [1.54, 1.807) is 24.0 Å². The Bertz CT molecular complexity index is 520. The first kappa shape index (κ1) is 14.3. The van der Waals surface area contributed by atoms with Gasteiger partial charge in [-0.25, -0.2) is 13.8 Å². The normalized spacial score (nSPS) is 32.4. The highest BCUT2D eigenvalue weighted by Gasteiger charge is 2.51. The van der Waals surface area contributed by atoms with Gasteiger partial charge in [0.15, 0.2) is 0 Å². The van der Waals surface area contributed by atoms with Crippen LogP contribution in [0, 0.1) is 5.92 Å². The zero-order valence-corrected chi connectivity index (χ0v) is 12.6. The van der Waals surface area contributed by atoms with Crippen LogP contribution in [0.1, 0.15) is 32.1 Å². The minimum Gasteiger partial charge on any atom is -0.250 e. The molecule has 3 rings (SSSR count). The molecule has 0 aliphatic heterocycles. The highest BCUT2D eigenvalue weighted by Crippen LogP contribution is 2.56. The SMILES string of the molecule is FC1(F)CC2CCCCC2(Sc2ccccn2)C=C1Cl. The van der Waals surface area contributed by atoms with Crippen molar-refractivity contribution in [1.82, 2.24) is 4.98 Å². The summed E-state index contributed by atoms with van der Waals surface area (Å²) in [6, 6.07) is 5.71. The zero-order chi connectivity index (χ0) is 14.2. The van der Waals surface area contributed by atoms with Crippen molar-refractivity contribution in [3.8, 4) is 0 Å². The average Bonchev–Trinajstić information content (AvgIpc) is 2.41. The molecule has 20 heavy (non-hydrogen) atoms. The lowest BCUT2D eigenvalue weighted by atomic mass is 9.72. The van der Waals surface area contributed by atoms with E-state index in [1.165, 1.54) is 0 Å². The van der Waals surface area contributed by atoms with Gasteiger partial charge in [0.2, 0.25) is 0 Å². The third kappa shape index (κ3) is 2.60. The molecular formula is C15H16ClF2NS. The first-order chi connectivity index (χ1) is 9.52. The molecule has 5 heteroatoms. The summed E-state index contributed by atoms with van der Waals surface area (Å²) in [7, 11) is 0. The molecule has 1 fully saturated rings. The summed E-state index contributed by atoms with van der Waals surface area (Å²) < 4.78 is 27.4. The standard InChI is InChI=1S/C15H16ClF2NS/c16-12-10-14(20-13-6-2-4-8-19-13)7-3-1-5-11(14)9-15(12,17)18/h2,4,6,8,10-11H,1,3,5,7,9H2. The van der Waals surface area contributed by atoms with Gasteiger partial charge in [-0.2, -0.15) is 0 Å². The van der Waals surface area contributed by atoms with Crippen molar-refractivity contribution in [1.29, 1.82) is 0 Å². The Balaban J connectivity index is 1.96. The maximum atomic E-state index is 13.9. The summed E-state index contributed by atoms with van der Waals surface area (Å²) in [6.07, 6.45) is 7.03. The van der Waals surface area contributed by atoms with E-state index in [1.807, 2.05) is 18.2 Å². The van der Waals surface area contributed by atoms with Crippen molar-refractivity contribution < 1.29 is 8.78 Å². The Hall–Kier alpha value is -0.610. The molecule has 2 aliphatic carbocycles. The Labute approximate surface area is 126 Å². The first-order valence-corrected chi connectivity index (χ1v) is 8.08. The second-order valence-electron chi connectivity index (χ2n) is 5.57. The largest absolute Gasteiger partial charge is 0.283 e. The molecule has 108 valence electrons. The van der Waals surface area contributed by atoms with E-state index in [0.717, 1.165) is 30.7 Å². The summed E-state index contributed by atoms with van der Waals surface area (Å²) in [5.74, 6) is -2.89. The highest BCUT2D eigenvalue weighted by atomic mass is 35.5. The number of halogens is 3. The van der Waals surface area contributed by atoms with E-state index in [0.29, 0.717) is 0 Å². The molecule has 1 heterocycles. The Morgan fingerprint density at radius 2 is 2.15 bits per heavy atom. The fourth-order valence-corrected chi connectivity index (χ4v) is 4.98. The number of alkyl halides is 2. The molecular weight excluding hydrogens is 300 g/mol. The highest BCUT2D eigenvalue weighted by molar-refractivity contribution is 8.00. The van der Waals surface area contributed by atoms with Crippen LogP contribution in [0.5, 0.6) is 0 Å². The third-order valence-corrected chi connectivity index (χ3v) is 6.09. The molecule has 1 aromatic heterocycles. The molecule has 2 unspecified atom stereocenters. The lowest BCUT2D eigenvalue weighted by Crippen LogP contribution is -2.44. The van der Waals surface area contributed by atoms with Crippen LogP contribution in [0.25, 0.3) is 0 Å². The molecule has 0 N–H and O–H groups in total. The molecule has 0 radical (unpaired) electrons. The lowest BCUT2D eigenvalue weighted by molar-refractivity contribution is 0.00325. The Kier molecular flexibility index (Phi) is 3.80. The number of allylic oxidation sites excluding steroid dienone is 1. The molecule has 1 nitrogen and oxygen atoms in total. The molecule has 1 saturated carbocycles. The molecule has 0 spiro atoms. The summed E-state index contributed by atoms with van der Waals surface area (Å²) >= 11 is 7.46. The van der Waals surface area contributed by atoms with E-state index >= 15 is 0 Å². The number of aromatic nitrogens is 1. The van der Waals surface area contributed by atoms with Crippen LogP contribution in [-0.4, -0.2) is 15.7 Å². The van der Waals surface area contributed by atoms with E-state index in [9.17, 15) is 8.78 Å².